The van der Waals surface area contributed by atoms with E-state index >= 15 is 0 Å². The lowest BCUT2D eigenvalue weighted by Crippen LogP contribution is -2.20. The summed E-state index contributed by atoms with van der Waals surface area (Å²) in [6.07, 6.45) is -0.118. The quantitative estimate of drug-likeness (QED) is 0.918. The van der Waals surface area contributed by atoms with Crippen molar-refractivity contribution < 1.29 is 19.4 Å². The minimum Gasteiger partial charge on any atom is -0.507 e. The van der Waals surface area contributed by atoms with Gasteiger partial charge < -0.3 is 14.6 Å². The molecule has 108 valence electrons. The number of rotatable bonds is 2. The molecule has 1 aliphatic rings. The standard InChI is InChI=1S/C17H16O4/c1-10-3-5-11(6-4-10)15-9-14(19)17-13(18)7-12(20-2)8-16(17)21-15/h3-8,15,18H,9H2,1-2H3. The predicted molar refractivity (Wildman–Crippen MR) is 78.2 cm³/mol. The number of hydrogen-bond donors (Lipinski definition) is 1. The Hall–Kier alpha value is -2.49. The zero-order valence-corrected chi connectivity index (χ0v) is 11.9. The fourth-order valence-corrected chi connectivity index (χ4v) is 2.50. The Morgan fingerprint density at radius 3 is 2.62 bits per heavy atom. The summed E-state index contributed by atoms with van der Waals surface area (Å²) in [5.74, 6) is 0.607. The summed E-state index contributed by atoms with van der Waals surface area (Å²) in [5, 5.41) is 9.95. The maximum Gasteiger partial charge on any atom is 0.174 e. The van der Waals surface area contributed by atoms with E-state index in [9.17, 15) is 9.90 Å². The number of phenolic OH excluding ortho intramolecular Hbond substituents is 1. The zero-order valence-electron chi connectivity index (χ0n) is 11.9. The first kappa shape index (κ1) is 13.5. The minimum atomic E-state index is -0.336. The number of hydrogen-bond acceptors (Lipinski definition) is 4. The molecule has 2 aromatic carbocycles. The van der Waals surface area contributed by atoms with Gasteiger partial charge in [0, 0.05) is 12.1 Å². The topological polar surface area (TPSA) is 55.8 Å². The Morgan fingerprint density at radius 1 is 1.24 bits per heavy atom. The van der Waals surface area contributed by atoms with Gasteiger partial charge in [0.15, 0.2) is 5.78 Å². The molecule has 1 unspecified atom stereocenters. The van der Waals surface area contributed by atoms with Crippen LogP contribution in [0.1, 0.15) is 34.0 Å². The molecule has 1 N–H and O–H groups in total. The molecule has 0 bridgehead atoms. The molecule has 2 aromatic rings. The maximum absolute atomic E-state index is 12.3. The number of aryl methyl sites for hydroxylation is 1. The van der Waals surface area contributed by atoms with Crippen molar-refractivity contribution in [3.8, 4) is 17.2 Å². The van der Waals surface area contributed by atoms with Gasteiger partial charge in [-0.25, -0.2) is 0 Å². The Balaban J connectivity index is 1.99. The first-order valence-electron chi connectivity index (χ1n) is 6.76. The highest BCUT2D eigenvalue weighted by Crippen LogP contribution is 2.41. The van der Waals surface area contributed by atoms with Gasteiger partial charge in [-0.1, -0.05) is 29.8 Å². The lowest BCUT2D eigenvalue weighted by molar-refractivity contribution is 0.0844. The van der Waals surface area contributed by atoms with Gasteiger partial charge in [0.1, 0.15) is 28.9 Å². The van der Waals surface area contributed by atoms with E-state index in [2.05, 4.69) is 0 Å². The Bertz CT molecular complexity index is 689. The van der Waals surface area contributed by atoms with Crippen molar-refractivity contribution in [2.75, 3.05) is 7.11 Å². The van der Waals surface area contributed by atoms with Crippen molar-refractivity contribution in [1.82, 2.24) is 0 Å². The molecule has 0 aromatic heterocycles. The molecule has 1 atom stereocenters. The van der Waals surface area contributed by atoms with Crippen LogP contribution in [-0.4, -0.2) is 18.0 Å². The summed E-state index contributed by atoms with van der Waals surface area (Å²) in [5.41, 5.74) is 2.33. The number of ketones is 1. The van der Waals surface area contributed by atoms with E-state index < -0.39 is 0 Å². The van der Waals surface area contributed by atoms with Gasteiger partial charge in [-0.15, -0.1) is 0 Å². The molecular weight excluding hydrogens is 268 g/mol. The molecule has 4 heteroatoms. The van der Waals surface area contributed by atoms with Crippen LogP contribution in [0.15, 0.2) is 36.4 Å². The summed E-state index contributed by atoms with van der Waals surface area (Å²) in [7, 11) is 1.50. The van der Waals surface area contributed by atoms with E-state index in [0.717, 1.165) is 11.1 Å². The van der Waals surface area contributed by atoms with Gasteiger partial charge in [-0.3, -0.25) is 4.79 Å². The smallest absolute Gasteiger partial charge is 0.174 e. The molecular formula is C17H16O4. The molecule has 0 fully saturated rings. The second-order valence-electron chi connectivity index (χ2n) is 5.16. The van der Waals surface area contributed by atoms with Crippen LogP contribution in [0.3, 0.4) is 0 Å². The summed E-state index contributed by atoms with van der Waals surface area (Å²) in [4.78, 5) is 12.3. The van der Waals surface area contributed by atoms with Gasteiger partial charge >= 0.3 is 0 Å². The average Bonchev–Trinajstić information content (AvgIpc) is 2.46. The molecule has 0 amide bonds. The summed E-state index contributed by atoms with van der Waals surface area (Å²) >= 11 is 0. The second-order valence-corrected chi connectivity index (χ2v) is 5.16. The van der Waals surface area contributed by atoms with Crippen LogP contribution in [0.4, 0.5) is 0 Å². The molecule has 1 aliphatic heterocycles. The monoisotopic (exact) mass is 284 g/mol. The van der Waals surface area contributed by atoms with Crippen molar-refractivity contribution in [3.05, 3.63) is 53.1 Å². The number of fused-ring (bicyclic) bond motifs is 1. The predicted octanol–water partition coefficient (Wildman–Crippen LogP) is 3.42. The van der Waals surface area contributed by atoms with E-state index in [1.165, 1.54) is 13.2 Å². The van der Waals surface area contributed by atoms with Crippen LogP contribution in [0.25, 0.3) is 0 Å². The maximum atomic E-state index is 12.3. The first-order valence-corrected chi connectivity index (χ1v) is 6.76. The van der Waals surface area contributed by atoms with Gasteiger partial charge in [-0.2, -0.15) is 0 Å². The van der Waals surface area contributed by atoms with Crippen LogP contribution in [0, 0.1) is 6.92 Å². The lowest BCUT2D eigenvalue weighted by Gasteiger charge is -2.26. The Kier molecular flexibility index (Phi) is 3.29. The SMILES string of the molecule is COc1cc(O)c2c(c1)OC(c1ccc(C)cc1)CC2=O. The number of carbonyl (C=O) groups is 1. The van der Waals surface area contributed by atoms with E-state index in [1.54, 1.807) is 6.07 Å². The van der Waals surface area contributed by atoms with E-state index in [4.69, 9.17) is 9.47 Å². The van der Waals surface area contributed by atoms with Gasteiger partial charge in [-0.05, 0) is 12.5 Å². The van der Waals surface area contributed by atoms with Crippen LogP contribution in [0.2, 0.25) is 0 Å². The van der Waals surface area contributed by atoms with Crippen molar-refractivity contribution in [2.24, 2.45) is 0 Å². The zero-order chi connectivity index (χ0) is 15.0. The largest absolute Gasteiger partial charge is 0.507 e. The van der Waals surface area contributed by atoms with Crippen LogP contribution in [0.5, 0.6) is 17.2 Å². The average molecular weight is 284 g/mol. The van der Waals surface area contributed by atoms with Crippen molar-refractivity contribution >= 4 is 5.78 Å². The third-order valence-corrected chi connectivity index (χ3v) is 3.66. The molecule has 0 saturated heterocycles. The van der Waals surface area contributed by atoms with Crippen LogP contribution >= 0.6 is 0 Å². The molecule has 0 radical (unpaired) electrons. The minimum absolute atomic E-state index is 0.100. The van der Waals surface area contributed by atoms with Gasteiger partial charge in [0.05, 0.1) is 13.5 Å². The fraction of sp³-hybridized carbons (Fsp3) is 0.235. The normalized spacial score (nSPS) is 17.0. The van der Waals surface area contributed by atoms with Crippen LogP contribution < -0.4 is 9.47 Å². The highest BCUT2D eigenvalue weighted by Gasteiger charge is 2.30. The molecule has 4 nitrogen and oxygen atoms in total. The van der Waals surface area contributed by atoms with Gasteiger partial charge in [0.2, 0.25) is 0 Å². The number of methoxy groups -OCH3 is 1. The highest BCUT2D eigenvalue weighted by atomic mass is 16.5. The first-order chi connectivity index (χ1) is 10.1. The number of benzene rings is 2. The third kappa shape index (κ3) is 2.44. The second kappa shape index (κ2) is 5.13. The number of carbonyl (C=O) groups excluding carboxylic acids is 1. The van der Waals surface area contributed by atoms with E-state index in [-0.39, 0.29) is 29.6 Å². The third-order valence-electron chi connectivity index (χ3n) is 3.66. The van der Waals surface area contributed by atoms with Gasteiger partial charge in [0.25, 0.3) is 0 Å². The lowest BCUT2D eigenvalue weighted by atomic mass is 9.95. The highest BCUT2D eigenvalue weighted by molar-refractivity contribution is 6.02. The van der Waals surface area contributed by atoms with Crippen molar-refractivity contribution in [2.45, 2.75) is 19.4 Å². The number of Topliss-reactive ketones (excluding diaryl/α,β-unsaturated/α-hetero) is 1. The van der Waals surface area contributed by atoms with Crippen LogP contribution in [-0.2, 0) is 0 Å². The van der Waals surface area contributed by atoms with Crippen molar-refractivity contribution in [3.63, 3.8) is 0 Å². The molecule has 0 saturated carbocycles. The van der Waals surface area contributed by atoms with E-state index in [1.807, 2.05) is 31.2 Å². The molecule has 21 heavy (non-hydrogen) atoms. The van der Waals surface area contributed by atoms with Crippen molar-refractivity contribution in [1.29, 1.82) is 0 Å². The molecule has 3 rings (SSSR count). The number of ether oxygens (including phenoxy) is 2. The summed E-state index contributed by atoms with van der Waals surface area (Å²) in [6, 6.07) is 10.9. The molecule has 1 heterocycles. The summed E-state index contributed by atoms with van der Waals surface area (Å²) < 4.78 is 11.0. The molecule has 0 aliphatic carbocycles. The Morgan fingerprint density at radius 2 is 1.95 bits per heavy atom. The Labute approximate surface area is 122 Å². The summed E-state index contributed by atoms with van der Waals surface area (Å²) in [6.45, 7) is 2.01. The molecule has 0 spiro atoms. The fourth-order valence-electron chi connectivity index (χ4n) is 2.50. The number of phenols is 1. The van der Waals surface area contributed by atoms with E-state index in [0.29, 0.717) is 11.5 Å². The number of aromatic hydroxyl groups is 1.